The third-order valence-electron chi connectivity index (χ3n) is 1.16. The molecule has 0 saturated heterocycles. The number of thioether (sulfide) groups is 1. The average Bonchev–Trinajstić information content (AvgIpc) is 2.12. The zero-order valence-corrected chi connectivity index (χ0v) is 9.43. The first-order valence-corrected chi connectivity index (χ1v) is 5.20. The van der Waals surface area contributed by atoms with Crippen LogP contribution in [0.25, 0.3) is 0 Å². The Morgan fingerprint density at radius 3 is 2.43 bits per heavy atom. The van der Waals surface area contributed by atoms with Crippen LogP contribution in [0.15, 0.2) is 0 Å². The molecule has 0 fully saturated rings. The maximum atomic E-state index is 10.9. The first kappa shape index (κ1) is 13.1. The molecular weight excluding hydrogens is 206 g/mol. The van der Waals surface area contributed by atoms with E-state index in [0.29, 0.717) is 12.4 Å². The van der Waals surface area contributed by atoms with Gasteiger partial charge in [0.25, 0.3) is 0 Å². The minimum Gasteiger partial charge on any atom is -0.458 e. The number of amides is 1. The van der Waals surface area contributed by atoms with Gasteiger partial charge in [-0.05, 0) is 18.7 Å². The summed E-state index contributed by atoms with van der Waals surface area (Å²) in [6.07, 6.45) is -0.408. The molecule has 0 N–H and O–H groups in total. The van der Waals surface area contributed by atoms with Crippen molar-refractivity contribution in [1.29, 1.82) is 0 Å². The third kappa shape index (κ3) is 6.59. The van der Waals surface area contributed by atoms with Gasteiger partial charge in [-0.3, -0.25) is 0 Å². The second kappa shape index (κ2) is 7.49. The number of ether oxygens (including phenoxy) is 2. The Morgan fingerprint density at radius 2 is 1.93 bits per heavy atom. The van der Waals surface area contributed by atoms with E-state index >= 15 is 0 Å². The fraction of sp³-hybridized carbons (Fsp3) is 0.750. The maximum absolute atomic E-state index is 10.9. The van der Waals surface area contributed by atoms with Crippen molar-refractivity contribution in [1.82, 2.24) is 4.90 Å². The average molecular weight is 221 g/mol. The van der Waals surface area contributed by atoms with Gasteiger partial charge in [0.15, 0.2) is 0 Å². The number of hydrogen-bond acceptors (Lipinski definition) is 5. The first-order valence-electron chi connectivity index (χ1n) is 4.21. The van der Waals surface area contributed by atoms with E-state index in [4.69, 9.17) is 4.74 Å². The molecule has 0 aliphatic carbocycles. The highest BCUT2D eigenvalue weighted by molar-refractivity contribution is 8.13. The Labute approximate surface area is 87.7 Å². The zero-order valence-electron chi connectivity index (χ0n) is 8.61. The van der Waals surface area contributed by atoms with Crippen molar-refractivity contribution in [3.05, 3.63) is 0 Å². The van der Waals surface area contributed by atoms with Crippen LogP contribution < -0.4 is 0 Å². The van der Waals surface area contributed by atoms with Gasteiger partial charge in [0.2, 0.25) is 0 Å². The number of hydrogen-bond donors (Lipinski definition) is 0. The third-order valence-corrected chi connectivity index (χ3v) is 1.88. The van der Waals surface area contributed by atoms with Crippen LogP contribution in [-0.2, 0) is 9.47 Å². The van der Waals surface area contributed by atoms with Gasteiger partial charge in [-0.2, -0.15) is 0 Å². The summed E-state index contributed by atoms with van der Waals surface area (Å²) < 4.78 is 9.46. The van der Waals surface area contributed by atoms with E-state index in [2.05, 4.69) is 4.74 Å². The molecule has 0 heterocycles. The largest absolute Gasteiger partial charge is 0.458 e. The second-order valence-corrected chi connectivity index (χ2v) is 3.57. The Hall–Kier alpha value is -0.910. The summed E-state index contributed by atoms with van der Waals surface area (Å²) >= 11 is 0.998. The van der Waals surface area contributed by atoms with E-state index in [1.807, 2.05) is 0 Å². The van der Waals surface area contributed by atoms with Crippen LogP contribution >= 0.6 is 11.8 Å². The van der Waals surface area contributed by atoms with Gasteiger partial charge in [-0.1, -0.05) is 0 Å². The molecule has 0 rings (SSSR count). The fourth-order valence-electron chi connectivity index (χ4n) is 0.543. The number of nitrogens with zero attached hydrogens (tertiary/aromatic N) is 1. The van der Waals surface area contributed by atoms with Crippen molar-refractivity contribution < 1.29 is 19.1 Å². The van der Waals surface area contributed by atoms with Gasteiger partial charge >= 0.3 is 11.4 Å². The maximum Gasteiger partial charge on any atom is 0.409 e. The molecule has 1 amide bonds. The summed E-state index contributed by atoms with van der Waals surface area (Å²) in [5.41, 5.74) is 0. The van der Waals surface area contributed by atoms with E-state index in [-0.39, 0.29) is 11.9 Å². The number of carbonyl (C=O) groups excluding carboxylic acids is 2. The summed E-state index contributed by atoms with van der Waals surface area (Å²) in [7, 11) is 3.20. The Morgan fingerprint density at radius 1 is 1.29 bits per heavy atom. The van der Waals surface area contributed by atoms with Crippen LogP contribution in [0.3, 0.4) is 0 Å². The Bertz CT molecular complexity index is 196. The van der Waals surface area contributed by atoms with E-state index in [9.17, 15) is 9.59 Å². The second-order valence-electron chi connectivity index (χ2n) is 2.54. The monoisotopic (exact) mass is 221 g/mol. The summed E-state index contributed by atoms with van der Waals surface area (Å²) in [5, 5.41) is -0.339. The van der Waals surface area contributed by atoms with E-state index < -0.39 is 6.09 Å². The minimum absolute atomic E-state index is 0.209. The number of carbonyl (C=O) groups is 2. The molecule has 6 heteroatoms. The van der Waals surface area contributed by atoms with Gasteiger partial charge in [0.1, 0.15) is 6.61 Å². The Balaban J connectivity index is 3.38. The van der Waals surface area contributed by atoms with Crippen molar-refractivity contribution in [2.75, 3.05) is 33.1 Å². The molecule has 0 aromatic heterocycles. The van der Waals surface area contributed by atoms with Crippen LogP contribution in [0.1, 0.15) is 6.92 Å². The first-order chi connectivity index (χ1) is 6.57. The van der Waals surface area contributed by atoms with E-state index in [1.165, 1.54) is 4.90 Å². The molecule has 0 saturated carbocycles. The van der Waals surface area contributed by atoms with Gasteiger partial charge < -0.3 is 14.4 Å². The van der Waals surface area contributed by atoms with Crippen LogP contribution in [0.2, 0.25) is 0 Å². The lowest BCUT2D eigenvalue weighted by Gasteiger charge is -2.10. The lowest BCUT2D eigenvalue weighted by atomic mass is 10.8. The van der Waals surface area contributed by atoms with Crippen molar-refractivity contribution in [2.45, 2.75) is 6.92 Å². The highest BCUT2D eigenvalue weighted by Gasteiger charge is 2.06. The van der Waals surface area contributed by atoms with Crippen LogP contribution in [0, 0.1) is 0 Å². The zero-order chi connectivity index (χ0) is 11.0. The lowest BCUT2D eigenvalue weighted by Crippen LogP contribution is -2.23. The molecule has 0 radical (unpaired) electrons. The van der Waals surface area contributed by atoms with Crippen molar-refractivity contribution in [3.63, 3.8) is 0 Å². The fourth-order valence-corrected chi connectivity index (χ4v) is 1.08. The molecule has 0 unspecified atom stereocenters. The van der Waals surface area contributed by atoms with Crippen LogP contribution in [0.5, 0.6) is 0 Å². The molecule has 0 aliphatic rings. The van der Waals surface area contributed by atoms with Crippen molar-refractivity contribution >= 4 is 23.2 Å². The topological polar surface area (TPSA) is 55.8 Å². The summed E-state index contributed by atoms with van der Waals surface area (Å²) in [6.45, 7) is 2.31. The van der Waals surface area contributed by atoms with Gasteiger partial charge in [-0.15, -0.1) is 0 Å². The van der Waals surface area contributed by atoms with Crippen LogP contribution in [-0.4, -0.2) is 49.4 Å². The van der Waals surface area contributed by atoms with E-state index in [0.717, 1.165) is 11.8 Å². The van der Waals surface area contributed by atoms with Crippen molar-refractivity contribution in [2.24, 2.45) is 0 Å². The summed E-state index contributed by atoms with van der Waals surface area (Å²) in [6, 6.07) is 0. The molecular formula is C8H15NO4S. The smallest absolute Gasteiger partial charge is 0.409 e. The molecule has 14 heavy (non-hydrogen) atoms. The predicted molar refractivity (Wildman–Crippen MR) is 54.5 cm³/mol. The standard InChI is InChI=1S/C8H15NO4S/c1-4-12-8(11)14-6-5-13-7(10)9(2)3/h4-6H2,1-3H3. The van der Waals surface area contributed by atoms with Gasteiger partial charge in [0.05, 0.1) is 6.61 Å². The lowest BCUT2D eigenvalue weighted by molar-refractivity contribution is 0.124. The molecule has 0 aromatic carbocycles. The van der Waals surface area contributed by atoms with Gasteiger partial charge in [-0.25, -0.2) is 9.59 Å². The van der Waals surface area contributed by atoms with E-state index in [1.54, 1.807) is 21.0 Å². The molecule has 0 atom stereocenters. The molecule has 0 aromatic rings. The SMILES string of the molecule is CCOC(=O)SCCOC(=O)N(C)C. The normalized spacial score (nSPS) is 9.36. The highest BCUT2D eigenvalue weighted by atomic mass is 32.2. The van der Waals surface area contributed by atoms with Crippen LogP contribution in [0.4, 0.5) is 9.59 Å². The van der Waals surface area contributed by atoms with Crippen molar-refractivity contribution in [3.8, 4) is 0 Å². The summed E-state index contributed by atoms with van der Waals surface area (Å²) in [4.78, 5) is 23.0. The highest BCUT2D eigenvalue weighted by Crippen LogP contribution is 2.04. The quantitative estimate of drug-likeness (QED) is 0.533. The molecule has 0 spiro atoms. The minimum atomic E-state index is -0.408. The predicted octanol–water partition coefficient (Wildman–Crippen LogP) is 1.57. The summed E-state index contributed by atoms with van der Waals surface area (Å²) in [5.74, 6) is 0.415. The molecule has 0 aliphatic heterocycles. The molecule has 0 bridgehead atoms. The van der Waals surface area contributed by atoms with Gasteiger partial charge in [0, 0.05) is 19.8 Å². The Kier molecular flexibility index (Phi) is 7.00. The molecule has 5 nitrogen and oxygen atoms in total. The molecule has 82 valence electrons. The number of rotatable bonds is 4.